The number of sulfonamides is 1. The van der Waals surface area contributed by atoms with Gasteiger partial charge in [-0.3, -0.25) is 0 Å². The van der Waals surface area contributed by atoms with Gasteiger partial charge < -0.3 is 10.1 Å². The number of hydrogen-bond donors (Lipinski definition) is 1. The summed E-state index contributed by atoms with van der Waals surface area (Å²) >= 11 is 0. The predicted molar refractivity (Wildman–Crippen MR) is 108 cm³/mol. The highest BCUT2D eigenvalue weighted by atomic mass is 32.2. The fraction of sp³-hybridized carbons (Fsp3) is 0.429. The van der Waals surface area contributed by atoms with E-state index in [0.717, 1.165) is 17.7 Å². The summed E-state index contributed by atoms with van der Waals surface area (Å²) in [5.74, 6) is 0.0362. The molecule has 1 N–H and O–H groups in total. The molecule has 0 spiro atoms. The predicted octanol–water partition coefficient (Wildman–Crippen LogP) is 2.76. The van der Waals surface area contributed by atoms with Crippen molar-refractivity contribution >= 4 is 10.0 Å². The SMILES string of the molecule is Cc1ccc(CNCc2ccccc2CS(=O)(=O)N2CCOCC2)cc1C. The molecular weight excluding hydrogens is 360 g/mol. The number of nitrogens with one attached hydrogen (secondary N) is 1. The standard InChI is InChI=1S/C21H28N2O3S/c1-17-7-8-19(13-18(17)2)14-22-15-20-5-3-4-6-21(20)16-27(24,25)23-9-11-26-12-10-23/h3-8,13,22H,9-12,14-16H2,1-2H3. The summed E-state index contributed by atoms with van der Waals surface area (Å²) in [6.45, 7) is 7.44. The highest BCUT2D eigenvalue weighted by Crippen LogP contribution is 2.17. The summed E-state index contributed by atoms with van der Waals surface area (Å²) in [6, 6.07) is 14.2. The van der Waals surface area contributed by atoms with Gasteiger partial charge in [0.1, 0.15) is 0 Å². The van der Waals surface area contributed by atoms with Gasteiger partial charge in [0, 0.05) is 26.2 Å². The summed E-state index contributed by atoms with van der Waals surface area (Å²) in [4.78, 5) is 0. The van der Waals surface area contributed by atoms with Crippen molar-refractivity contribution in [2.75, 3.05) is 26.3 Å². The topological polar surface area (TPSA) is 58.6 Å². The monoisotopic (exact) mass is 388 g/mol. The van der Waals surface area contributed by atoms with E-state index in [0.29, 0.717) is 32.8 Å². The number of aryl methyl sites for hydroxylation is 2. The second-order valence-electron chi connectivity index (χ2n) is 7.06. The maximum Gasteiger partial charge on any atom is 0.218 e. The summed E-state index contributed by atoms with van der Waals surface area (Å²) < 4.78 is 32.2. The summed E-state index contributed by atoms with van der Waals surface area (Å²) in [5, 5.41) is 3.44. The summed E-state index contributed by atoms with van der Waals surface area (Å²) in [6.07, 6.45) is 0. The van der Waals surface area contributed by atoms with Crippen LogP contribution in [0.1, 0.15) is 27.8 Å². The van der Waals surface area contributed by atoms with Gasteiger partial charge in [-0.05, 0) is 41.7 Å². The molecule has 0 atom stereocenters. The first-order valence-electron chi connectivity index (χ1n) is 9.35. The minimum Gasteiger partial charge on any atom is -0.379 e. The number of ether oxygens (including phenoxy) is 1. The highest BCUT2D eigenvalue weighted by Gasteiger charge is 2.25. The molecule has 0 aromatic heterocycles. The zero-order valence-corrected chi connectivity index (χ0v) is 16.9. The van der Waals surface area contributed by atoms with Crippen LogP contribution in [0.3, 0.4) is 0 Å². The molecule has 1 heterocycles. The number of morpholine rings is 1. The Morgan fingerprint density at radius 3 is 2.37 bits per heavy atom. The number of rotatable bonds is 7. The van der Waals surface area contributed by atoms with Gasteiger partial charge in [-0.2, -0.15) is 4.31 Å². The van der Waals surface area contributed by atoms with Crippen LogP contribution in [0.15, 0.2) is 42.5 Å². The van der Waals surface area contributed by atoms with Gasteiger partial charge in [0.05, 0.1) is 19.0 Å². The number of benzene rings is 2. The van der Waals surface area contributed by atoms with Crippen molar-refractivity contribution in [3.8, 4) is 0 Å². The lowest BCUT2D eigenvalue weighted by atomic mass is 10.1. The maximum absolute atomic E-state index is 12.7. The molecule has 2 aromatic carbocycles. The Morgan fingerprint density at radius 2 is 1.67 bits per heavy atom. The second kappa shape index (κ2) is 8.97. The van der Waals surface area contributed by atoms with Crippen LogP contribution in [0, 0.1) is 13.8 Å². The Morgan fingerprint density at radius 1 is 0.963 bits per heavy atom. The van der Waals surface area contributed by atoms with Crippen LogP contribution in [-0.4, -0.2) is 39.0 Å². The largest absolute Gasteiger partial charge is 0.379 e. The molecule has 1 saturated heterocycles. The van der Waals surface area contributed by atoms with Crippen LogP contribution in [-0.2, 0) is 33.6 Å². The summed E-state index contributed by atoms with van der Waals surface area (Å²) in [7, 11) is -3.32. The van der Waals surface area contributed by atoms with Gasteiger partial charge in [-0.25, -0.2) is 8.42 Å². The van der Waals surface area contributed by atoms with E-state index in [1.54, 1.807) is 0 Å². The van der Waals surface area contributed by atoms with Gasteiger partial charge in [0.15, 0.2) is 0 Å². The smallest absolute Gasteiger partial charge is 0.218 e. The van der Waals surface area contributed by atoms with Crippen LogP contribution < -0.4 is 5.32 Å². The quantitative estimate of drug-likeness (QED) is 0.792. The van der Waals surface area contributed by atoms with E-state index in [-0.39, 0.29) is 5.75 Å². The van der Waals surface area contributed by atoms with Crippen LogP contribution >= 0.6 is 0 Å². The Bertz CT molecular complexity index is 875. The molecule has 2 aromatic rings. The van der Waals surface area contributed by atoms with Gasteiger partial charge in [-0.1, -0.05) is 42.5 Å². The van der Waals surface area contributed by atoms with Crippen LogP contribution in [0.2, 0.25) is 0 Å². The summed E-state index contributed by atoms with van der Waals surface area (Å²) in [5.41, 5.74) is 5.69. The van der Waals surface area contributed by atoms with Gasteiger partial charge in [0.25, 0.3) is 0 Å². The third-order valence-corrected chi connectivity index (χ3v) is 6.86. The van der Waals surface area contributed by atoms with E-state index in [4.69, 9.17) is 4.74 Å². The molecule has 0 saturated carbocycles. The van der Waals surface area contributed by atoms with E-state index >= 15 is 0 Å². The minimum atomic E-state index is -3.32. The van der Waals surface area contributed by atoms with Crippen molar-refractivity contribution < 1.29 is 13.2 Å². The normalized spacial score (nSPS) is 15.8. The van der Waals surface area contributed by atoms with E-state index < -0.39 is 10.0 Å². The first kappa shape index (κ1) is 20.0. The Hall–Kier alpha value is -1.73. The molecule has 0 bridgehead atoms. The van der Waals surface area contributed by atoms with E-state index in [9.17, 15) is 8.42 Å². The molecule has 5 nitrogen and oxygen atoms in total. The van der Waals surface area contributed by atoms with Crippen molar-refractivity contribution in [1.82, 2.24) is 9.62 Å². The molecule has 6 heteroatoms. The fourth-order valence-electron chi connectivity index (χ4n) is 3.24. The zero-order valence-electron chi connectivity index (χ0n) is 16.1. The number of nitrogens with zero attached hydrogens (tertiary/aromatic N) is 1. The third kappa shape index (κ3) is 5.39. The molecule has 0 unspecified atom stereocenters. The molecule has 27 heavy (non-hydrogen) atoms. The Labute approximate surface area is 162 Å². The van der Waals surface area contributed by atoms with Crippen molar-refractivity contribution in [3.05, 3.63) is 70.3 Å². The van der Waals surface area contributed by atoms with Crippen molar-refractivity contribution in [2.45, 2.75) is 32.7 Å². The molecule has 0 amide bonds. The Kier molecular flexibility index (Phi) is 6.65. The molecule has 3 rings (SSSR count). The highest BCUT2D eigenvalue weighted by molar-refractivity contribution is 7.88. The lowest BCUT2D eigenvalue weighted by Gasteiger charge is -2.26. The Balaban J connectivity index is 1.64. The fourth-order valence-corrected chi connectivity index (χ4v) is 4.80. The molecule has 0 radical (unpaired) electrons. The van der Waals surface area contributed by atoms with Gasteiger partial charge >= 0.3 is 0 Å². The van der Waals surface area contributed by atoms with Crippen LogP contribution in [0.5, 0.6) is 0 Å². The number of hydrogen-bond acceptors (Lipinski definition) is 4. The minimum absolute atomic E-state index is 0.0362. The first-order valence-corrected chi connectivity index (χ1v) is 11.0. The zero-order chi connectivity index (χ0) is 19.3. The lowest BCUT2D eigenvalue weighted by molar-refractivity contribution is 0.0729. The molecular formula is C21H28N2O3S. The molecule has 146 valence electrons. The van der Waals surface area contributed by atoms with E-state index in [1.165, 1.54) is 21.0 Å². The third-order valence-electron chi connectivity index (χ3n) is 5.04. The van der Waals surface area contributed by atoms with Crippen LogP contribution in [0.4, 0.5) is 0 Å². The molecule has 1 aliphatic heterocycles. The molecule has 1 fully saturated rings. The molecule has 0 aliphatic carbocycles. The average Bonchev–Trinajstić information content (AvgIpc) is 2.66. The second-order valence-corrected chi connectivity index (χ2v) is 9.03. The first-order chi connectivity index (χ1) is 13.0. The van der Waals surface area contributed by atoms with E-state index in [2.05, 4.69) is 37.4 Å². The van der Waals surface area contributed by atoms with Crippen molar-refractivity contribution in [3.63, 3.8) is 0 Å². The van der Waals surface area contributed by atoms with Gasteiger partial charge in [0.2, 0.25) is 10.0 Å². The maximum atomic E-state index is 12.7. The average molecular weight is 389 g/mol. The van der Waals surface area contributed by atoms with Crippen LogP contribution in [0.25, 0.3) is 0 Å². The van der Waals surface area contributed by atoms with Crippen molar-refractivity contribution in [2.24, 2.45) is 0 Å². The lowest BCUT2D eigenvalue weighted by Crippen LogP contribution is -2.41. The van der Waals surface area contributed by atoms with E-state index in [1.807, 2.05) is 24.3 Å². The van der Waals surface area contributed by atoms with Gasteiger partial charge in [-0.15, -0.1) is 0 Å². The van der Waals surface area contributed by atoms with Crippen molar-refractivity contribution in [1.29, 1.82) is 0 Å². The molecule has 1 aliphatic rings.